The second-order valence-electron chi connectivity index (χ2n) is 2.63. The molecule has 0 fully saturated rings. The van der Waals surface area contributed by atoms with Crippen LogP contribution in [0.3, 0.4) is 0 Å². The van der Waals surface area contributed by atoms with E-state index in [2.05, 4.69) is 15.0 Å². The molecule has 0 aromatic carbocycles. The summed E-state index contributed by atoms with van der Waals surface area (Å²) in [7, 11) is 0. The van der Waals surface area contributed by atoms with E-state index >= 15 is 0 Å². The zero-order valence-electron chi connectivity index (χ0n) is 7.07. The molecule has 0 aliphatic rings. The molecule has 0 spiro atoms. The first kappa shape index (κ1) is 8.55. The Morgan fingerprint density at radius 3 is 2.86 bits per heavy atom. The Kier molecular flexibility index (Phi) is 2.06. The lowest BCUT2D eigenvalue weighted by atomic mass is 10.3. The van der Waals surface area contributed by atoms with Gasteiger partial charge in [-0.2, -0.15) is 9.37 Å². The lowest BCUT2D eigenvalue weighted by Gasteiger charge is -1.97. The molecule has 0 radical (unpaired) electrons. The van der Waals surface area contributed by atoms with Gasteiger partial charge in [-0.1, -0.05) is 6.07 Å². The minimum atomic E-state index is -0.811. The summed E-state index contributed by atoms with van der Waals surface area (Å²) in [6.45, 7) is 0. The molecule has 0 atom stereocenters. The Balaban J connectivity index is 2.58. The molecule has 4 nitrogen and oxygen atoms in total. The van der Waals surface area contributed by atoms with E-state index in [1.165, 1.54) is 0 Å². The fourth-order valence-electron chi connectivity index (χ4n) is 1.05. The lowest BCUT2D eigenvalue weighted by molar-refractivity contribution is 0.579. The summed E-state index contributed by atoms with van der Waals surface area (Å²) in [5, 5.41) is 0. The van der Waals surface area contributed by atoms with Gasteiger partial charge in [0.2, 0.25) is 5.95 Å². The quantitative estimate of drug-likeness (QED) is 0.683. The molecule has 0 aliphatic heterocycles. The molecule has 0 unspecified atom stereocenters. The standard InChI is InChI=1S/C9H6FN3O/c10-7-5-8(14)13-9(12-7)6-3-1-2-4-11-6/h1-5H,(H,12,13,14). The Labute approximate surface area is 78.5 Å². The maximum atomic E-state index is 12.8. The number of nitrogens with zero attached hydrogens (tertiary/aromatic N) is 2. The van der Waals surface area contributed by atoms with Gasteiger partial charge in [0.25, 0.3) is 5.56 Å². The second-order valence-corrected chi connectivity index (χ2v) is 2.63. The topological polar surface area (TPSA) is 58.6 Å². The summed E-state index contributed by atoms with van der Waals surface area (Å²) in [4.78, 5) is 20.8. The highest BCUT2D eigenvalue weighted by molar-refractivity contribution is 5.47. The number of pyridine rings is 1. The average molecular weight is 191 g/mol. The van der Waals surface area contributed by atoms with Gasteiger partial charge in [-0.15, -0.1) is 0 Å². The van der Waals surface area contributed by atoms with Gasteiger partial charge >= 0.3 is 0 Å². The molecular formula is C9H6FN3O. The van der Waals surface area contributed by atoms with Gasteiger partial charge in [0.1, 0.15) is 5.69 Å². The summed E-state index contributed by atoms with van der Waals surface area (Å²) < 4.78 is 12.8. The third kappa shape index (κ3) is 1.66. The molecule has 0 saturated carbocycles. The van der Waals surface area contributed by atoms with E-state index in [4.69, 9.17) is 0 Å². The monoisotopic (exact) mass is 191 g/mol. The first-order chi connectivity index (χ1) is 6.75. The van der Waals surface area contributed by atoms with Gasteiger partial charge < -0.3 is 4.98 Å². The van der Waals surface area contributed by atoms with Crippen molar-refractivity contribution in [2.75, 3.05) is 0 Å². The van der Waals surface area contributed by atoms with E-state index in [1.807, 2.05) is 0 Å². The van der Waals surface area contributed by atoms with E-state index in [9.17, 15) is 9.18 Å². The summed E-state index contributed by atoms with van der Waals surface area (Å²) in [5.41, 5.74) is -0.0951. The van der Waals surface area contributed by atoms with Crippen molar-refractivity contribution in [2.24, 2.45) is 0 Å². The predicted molar refractivity (Wildman–Crippen MR) is 48.0 cm³/mol. The van der Waals surface area contributed by atoms with Crippen LogP contribution in [0.15, 0.2) is 35.3 Å². The molecule has 0 aliphatic carbocycles. The number of halogens is 1. The van der Waals surface area contributed by atoms with Gasteiger partial charge in [-0.05, 0) is 12.1 Å². The Morgan fingerprint density at radius 2 is 2.21 bits per heavy atom. The molecule has 2 heterocycles. The third-order valence-corrected chi connectivity index (χ3v) is 1.62. The van der Waals surface area contributed by atoms with Crippen LogP contribution in [0.25, 0.3) is 11.5 Å². The number of nitrogens with one attached hydrogen (secondary N) is 1. The van der Waals surface area contributed by atoms with Crippen molar-refractivity contribution in [3.63, 3.8) is 0 Å². The van der Waals surface area contributed by atoms with Crippen LogP contribution in [0.1, 0.15) is 0 Å². The molecule has 2 aromatic heterocycles. The maximum Gasteiger partial charge on any atom is 0.254 e. The van der Waals surface area contributed by atoms with E-state index in [1.54, 1.807) is 24.4 Å². The van der Waals surface area contributed by atoms with Gasteiger partial charge in [-0.25, -0.2) is 0 Å². The van der Waals surface area contributed by atoms with E-state index in [0.717, 1.165) is 6.07 Å². The van der Waals surface area contributed by atoms with Crippen molar-refractivity contribution < 1.29 is 4.39 Å². The van der Waals surface area contributed by atoms with Crippen LogP contribution < -0.4 is 5.56 Å². The van der Waals surface area contributed by atoms with Crippen molar-refractivity contribution in [3.05, 3.63) is 46.8 Å². The van der Waals surface area contributed by atoms with Gasteiger partial charge in [0.05, 0.1) is 6.07 Å². The number of aromatic nitrogens is 3. The van der Waals surface area contributed by atoms with Crippen LogP contribution in [0.2, 0.25) is 0 Å². The summed E-state index contributed by atoms with van der Waals surface area (Å²) >= 11 is 0. The molecular weight excluding hydrogens is 185 g/mol. The van der Waals surface area contributed by atoms with E-state index in [0.29, 0.717) is 5.69 Å². The number of aromatic amines is 1. The van der Waals surface area contributed by atoms with Crippen LogP contribution in [-0.4, -0.2) is 15.0 Å². The maximum absolute atomic E-state index is 12.8. The second kappa shape index (κ2) is 3.37. The van der Waals surface area contributed by atoms with E-state index in [-0.39, 0.29) is 5.82 Å². The third-order valence-electron chi connectivity index (χ3n) is 1.62. The molecule has 70 valence electrons. The average Bonchev–Trinajstić information content (AvgIpc) is 2.18. The molecule has 1 N–H and O–H groups in total. The van der Waals surface area contributed by atoms with Crippen molar-refractivity contribution in [2.45, 2.75) is 0 Å². The summed E-state index contributed by atoms with van der Waals surface area (Å²) in [6.07, 6.45) is 1.54. The van der Waals surface area contributed by atoms with Crippen LogP contribution in [0.5, 0.6) is 0 Å². The number of hydrogen-bond acceptors (Lipinski definition) is 3. The Bertz CT molecular complexity index is 495. The Hall–Kier alpha value is -2.04. The van der Waals surface area contributed by atoms with Crippen molar-refractivity contribution in [1.29, 1.82) is 0 Å². The first-order valence-corrected chi connectivity index (χ1v) is 3.94. The highest BCUT2D eigenvalue weighted by Gasteiger charge is 2.03. The number of rotatable bonds is 1. The van der Waals surface area contributed by atoms with Crippen molar-refractivity contribution >= 4 is 0 Å². The number of hydrogen-bond donors (Lipinski definition) is 1. The smallest absolute Gasteiger partial charge is 0.254 e. The van der Waals surface area contributed by atoms with E-state index < -0.39 is 11.5 Å². The lowest BCUT2D eigenvalue weighted by Crippen LogP contribution is -2.09. The minimum Gasteiger partial charge on any atom is -0.305 e. The molecule has 0 amide bonds. The fourth-order valence-corrected chi connectivity index (χ4v) is 1.05. The zero-order chi connectivity index (χ0) is 9.97. The molecule has 0 saturated heterocycles. The highest BCUT2D eigenvalue weighted by Crippen LogP contribution is 2.07. The largest absolute Gasteiger partial charge is 0.305 e. The van der Waals surface area contributed by atoms with Crippen LogP contribution >= 0.6 is 0 Å². The highest BCUT2D eigenvalue weighted by atomic mass is 19.1. The van der Waals surface area contributed by atoms with Gasteiger partial charge in [0, 0.05) is 6.20 Å². The SMILES string of the molecule is O=c1cc(F)nc(-c2ccccn2)[nH]1. The summed E-state index contributed by atoms with van der Waals surface area (Å²) in [6, 6.07) is 5.87. The van der Waals surface area contributed by atoms with Crippen LogP contribution in [0.4, 0.5) is 4.39 Å². The summed E-state index contributed by atoms with van der Waals surface area (Å²) in [5.74, 6) is -0.676. The Morgan fingerprint density at radius 1 is 1.36 bits per heavy atom. The molecule has 5 heteroatoms. The van der Waals surface area contributed by atoms with Crippen molar-refractivity contribution in [1.82, 2.24) is 15.0 Å². The van der Waals surface area contributed by atoms with Gasteiger partial charge in [-0.3, -0.25) is 9.78 Å². The fraction of sp³-hybridized carbons (Fsp3) is 0. The normalized spacial score (nSPS) is 10.1. The predicted octanol–water partition coefficient (Wildman–Crippen LogP) is 0.971. The zero-order valence-corrected chi connectivity index (χ0v) is 7.07. The van der Waals surface area contributed by atoms with Crippen LogP contribution in [-0.2, 0) is 0 Å². The first-order valence-electron chi connectivity index (χ1n) is 3.94. The number of H-pyrrole nitrogens is 1. The van der Waals surface area contributed by atoms with Crippen molar-refractivity contribution in [3.8, 4) is 11.5 Å². The molecule has 14 heavy (non-hydrogen) atoms. The molecule has 2 rings (SSSR count). The van der Waals surface area contributed by atoms with Gasteiger partial charge in [0.15, 0.2) is 5.82 Å². The molecule has 0 bridgehead atoms. The van der Waals surface area contributed by atoms with Crippen LogP contribution in [0, 0.1) is 5.95 Å². The molecule has 2 aromatic rings. The minimum absolute atomic E-state index is 0.135.